The van der Waals surface area contributed by atoms with Crippen molar-refractivity contribution < 1.29 is 4.39 Å². The smallest absolute Gasteiger partial charge is 0.124 e. The SMILES string of the molecule is CC(NCCCN1CCCC1)c1ccc(F)cc1Cl. The Bertz CT molecular complexity index is 405. The van der Waals surface area contributed by atoms with Crippen LogP contribution in [0.25, 0.3) is 0 Å². The minimum Gasteiger partial charge on any atom is -0.310 e. The molecule has 4 heteroatoms. The minimum atomic E-state index is -0.282. The zero-order chi connectivity index (χ0) is 13.7. The Labute approximate surface area is 119 Å². The number of rotatable bonds is 6. The third-order valence-electron chi connectivity index (χ3n) is 3.73. The van der Waals surface area contributed by atoms with Gasteiger partial charge in [-0.1, -0.05) is 17.7 Å². The van der Waals surface area contributed by atoms with Crippen LogP contribution in [0.3, 0.4) is 0 Å². The Hall–Kier alpha value is -0.640. The molecule has 1 aromatic rings. The predicted octanol–water partition coefficient (Wildman–Crippen LogP) is 3.62. The second-order valence-electron chi connectivity index (χ2n) is 5.24. The molecule has 106 valence electrons. The van der Waals surface area contributed by atoms with Gasteiger partial charge in [0.25, 0.3) is 0 Å². The molecule has 0 spiro atoms. The monoisotopic (exact) mass is 284 g/mol. The van der Waals surface area contributed by atoms with Crippen molar-refractivity contribution >= 4 is 11.6 Å². The van der Waals surface area contributed by atoms with E-state index in [9.17, 15) is 4.39 Å². The van der Waals surface area contributed by atoms with E-state index in [-0.39, 0.29) is 11.9 Å². The molecule has 1 aliphatic rings. The molecular weight excluding hydrogens is 263 g/mol. The van der Waals surface area contributed by atoms with Crippen LogP contribution in [0.2, 0.25) is 5.02 Å². The van der Waals surface area contributed by atoms with Gasteiger partial charge < -0.3 is 10.2 Å². The van der Waals surface area contributed by atoms with Crippen LogP contribution in [0.4, 0.5) is 4.39 Å². The molecule has 0 radical (unpaired) electrons. The highest BCUT2D eigenvalue weighted by molar-refractivity contribution is 6.31. The lowest BCUT2D eigenvalue weighted by molar-refractivity contribution is 0.328. The first kappa shape index (κ1) is 14.8. The van der Waals surface area contributed by atoms with Crippen LogP contribution in [0.1, 0.15) is 37.8 Å². The highest BCUT2D eigenvalue weighted by Crippen LogP contribution is 2.23. The molecule has 1 aromatic carbocycles. The molecule has 19 heavy (non-hydrogen) atoms. The van der Waals surface area contributed by atoms with E-state index in [0.717, 1.165) is 25.1 Å². The van der Waals surface area contributed by atoms with Gasteiger partial charge in [0, 0.05) is 11.1 Å². The van der Waals surface area contributed by atoms with Crippen molar-refractivity contribution in [2.45, 2.75) is 32.2 Å². The molecular formula is C15H22ClFN2. The van der Waals surface area contributed by atoms with E-state index >= 15 is 0 Å². The number of likely N-dealkylation sites (tertiary alicyclic amines) is 1. The summed E-state index contributed by atoms with van der Waals surface area (Å²) in [6, 6.07) is 4.75. The van der Waals surface area contributed by atoms with Crippen molar-refractivity contribution in [2.75, 3.05) is 26.2 Å². The molecule has 1 aliphatic heterocycles. The highest BCUT2D eigenvalue weighted by Gasteiger charge is 2.12. The van der Waals surface area contributed by atoms with E-state index in [1.807, 2.05) is 0 Å². The lowest BCUT2D eigenvalue weighted by atomic mass is 10.1. The molecule has 0 bridgehead atoms. The van der Waals surface area contributed by atoms with Gasteiger partial charge >= 0.3 is 0 Å². The maximum absolute atomic E-state index is 13.0. The van der Waals surface area contributed by atoms with E-state index in [2.05, 4.69) is 17.1 Å². The summed E-state index contributed by atoms with van der Waals surface area (Å²) < 4.78 is 13.0. The van der Waals surface area contributed by atoms with E-state index in [1.165, 1.54) is 38.1 Å². The van der Waals surface area contributed by atoms with Crippen molar-refractivity contribution in [1.29, 1.82) is 0 Å². The molecule has 1 saturated heterocycles. The zero-order valence-corrected chi connectivity index (χ0v) is 12.2. The molecule has 0 amide bonds. The molecule has 2 rings (SSSR count). The number of hydrogen-bond donors (Lipinski definition) is 1. The molecule has 1 N–H and O–H groups in total. The van der Waals surface area contributed by atoms with Crippen molar-refractivity contribution in [3.63, 3.8) is 0 Å². The normalized spacial score (nSPS) is 17.8. The number of nitrogens with zero attached hydrogens (tertiary/aromatic N) is 1. The first-order chi connectivity index (χ1) is 9.16. The summed E-state index contributed by atoms with van der Waals surface area (Å²) in [5.41, 5.74) is 0.962. The molecule has 2 nitrogen and oxygen atoms in total. The summed E-state index contributed by atoms with van der Waals surface area (Å²) in [4.78, 5) is 2.51. The topological polar surface area (TPSA) is 15.3 Å². The summed E-state index contributed by atoms with van der Waals surface area (Å²) in [5.74, 6) is -0.282. The molecule has 1 unspecified atom stereocenters. The van der Waals surface area contributed by atoms with Crippen molar-refractivity contribution in [3.05, 3.63) is 34.6 Å². The van der Waals surface area contributed by atoms with Gasteiger partial charge in [0.15, 0.2) is 0 Å². The summed E-state index contributed by atoms with van der Waals surface area (Å²) in [5, 5.41) is 3.95. The van der Waals surface area contributed by atoms with Gasteiger partial charge in [-0.2, -0.15) is 0 Å². The van der Waals surface area contributed by atoms with E-state index in [1.54, 1.807) is 6.07 Å². The van der Waals surface area contributed by atoms with Crippen LogP contribution in [0.15, 0.2) is 18.2 Å². The van der Waals surface area contributed by atoms with Crippen LogP contribution in [-0.4, -0.2) is 31.1 Å². The van der Waals surface area contributed by atoms with Gasteiger partial charge in [-0.05, 0) is 70.1 Å². The Morgan fingerprint density at radius 3 is 2.79 bits per heavy atom. The molecule has 1 fully saturated rings. The molecule has 0 aliphatic carbocycles. The fourth-order valence-corrected chi connectivity index (χ4v) is 2.92. The number of hydrogen-bond acceptors (Lipinski definition) is 2. The third kappa shape index (κ3) is 4.44. The molecule has 1 heterocycles. The lowest BCUT2D eigenvalue weighted by Crippen LogP contribution is -2.26. The van der Waals surface area contributed by atoms with Gasteiger partial charge in [-0.15, -0.1) is 0 Å². The van der Waals surface area contributed by atoms with Gasteiger partial charge in [-0.3, -0.25) is 0 Å². The van der Waals surface area contributed by atoms with E-state index in [4.69, 9.17) is 11.6 Å². The second kappa shape index (κ2) is 7.22. The summed E-state index contributed by atoms with van der Waals surface area (Å²) in [6.45, 7) is 6.69. The lowest BCUT2D eigenvalue weighted by Gasteiger charge is -2.18. The van der Waals surface area contributed by atoms with E-state index < -0.39 is 0 Å². The summed E-state index contributed by atoms with van der Waals surface area (Å²) >= 11 is 6.05. The fourth-order valence-electron chi connectivity index (χ4n) is 2.59. The largest absolute Gasteiger partial charge is 0.310 e. The highest BCUT2D eigenvalue weighted by atomic mass is 35.5. The Morgan fingerprint density at radius 2 is 2.11 bits per heavy atom. The van der Waals surface area contributed by atoms with Crippen molar-refractivity contribution in [1.82, 2.24) is 10.2 Å². The van der Waals surface area contributed by atoms with Crippen LogP contribution >= 0.6 is 11.6 Å². The maximum Gasteiger partial charge on any atom is 0.124 e. The zero-order valence-electron chi connectivity index (χ0n) is 11.5. The third-order valence-corrected chi connectivity index (χ3v) is 4.06. The summed E-state index contributed by atoms with van der Waals surface area (Å²) in [7, 11) is 0. The Morgan fingerprint density at radius 1 is 1.37 bits per heavy atom. The first-order valence-corrected chi connectivity index (χ1v) is 7.45. The summed E-state index contributed by atoms with van der Waals surface area (Å²) in [6.07, 6.45) is 3.83. The van der Waals surface area contributed by atoms with Gasteiger partial charge in [0.1, 0.15) is 5.82 Å². The maximum atomic E-state index is 13.0. The second-order valence-corrected chi connectivity index (χ2v) is 5.65. The quantitative estimate of drug-likeness (QED) is 0.803. The average Bonchev–Trinajstić information content (AvgIpc) is 2.87. The van der Waals surface area contributed by atoms with Gasteiger partial charge in [-0.25, -0.2) is 4.39 Å². The molecule has 0 saturated carbocycles. The number of nitrogens with one attached hydrogen (secondary N) is 1. The average molecular weight is 285 g/mol. The van der Waals surface area contributed by atoms with Crippen molar-refractivity contribution in [2.24, 2.45) is 0 Å². The number of benzene rings is 1. The van der Waals surface area contributed by atoms with Crippen LogP contribution < -0.4 is 5.32 Å². The predicted molar refractivity (Wildman–Crippen MR) is 78.1 cm³/mol. The van der Waals surface area contributed by atoms with E-state index in [0.29, 0.717) is 5.02 Å². The minimum absolute atomic E-state index is 0.159. The van der Waals surface area contributed by atoms with Gasteiger partial charge in [0.05, 0.1) is 0 Å². The van der Waals surface area contributed by atoms with Crippen LogP contribution in [0.5, 0.6) is 0 Å². The molecule has 1 atom stereocenters. The Balaban J connectivity index is 1.72. The fraction of sp³-hybridized carbons (Fsp3) is 0.600. The van der Waals surface area contributed by atoms with Gasteiger partial charge in [0.2, 0.25) is 0 Å². The number of halogens is 2. The molecule has 0 aromatic heterocycles. The van der Waals surface area contributed by atoms with Crippen LogP contribution in [0, 0.1) is 5.82 Å². The standard InChI is InChI=1S/C15H22ClFN2/c1-12(14-6-5-13(17)11-15(14)16)18-7-4-10-19-8-2-3-9-19/h5-6,11-12,18H,2-4,7-10H2,1H3. The van der Waals surface area contributed by atoms with Crippen LogP contribution in [-0.2, 0) is 0 Å². The Kier molecular flexibility index (Phi) is 5.61. The van der Waals surface area contributed by atoms with Crippen molar-refractivity contribution in [3.8, 4) is 0 Å². The first-order valence-electron chi connectivity index (χ1n) is 7.07.